The minimum absolute atomic E-state index is 0.0354. The van der Waals surface area contributed by atoms with Crippen LogP contribution in [0.1, 0.15) is 16.1 Å². The number of aromatic amines is 2. The zero-order valence-electron chi connectivity index (χ0n) is 15.4. The summed E-state index contributed by atoms with van der Waals surface area (Å²) in [4.78, 5) is 39.3. The second-order valence-corrected chi connectivity index (χ2v) is 6.48. The average molecular weight is 390 g/mol. The van der Waals surface area contributed by atoms with E-state index < -0.39 is 24.0 Å². The topological polar surface area (TPSA) is 117 Å². The van der Waals surface area contributed by atoms with Crippen molar-refractivity contribution >= 4 is 33.6 Å². The number of nitrogens with one attached hydrogen (secondary N) is 3. The van der Waals surface area contributed by atoms with Gasteiger partial charge in [0.05, 0.1) is 5.39 Å². The van der Waals surface area contributed by atoms with Crippen molar-refractivity contribution in [3.05, 3.63) is 76.3 Å². The van der Waals surface area contributed by atoms with Gasteiger partial charge in [-0.1, -0.05) is 36.4 Å². The number of benzene rings is 2. The molecule has 0 saturated heterocycles. The van der Waals surface area contributed by atoms with E-state index in [0.29, 0.717) is 23.7 Å². The summed E-state index contributed by atoms with van der Waals surface area (Å²) >= 11 is 0. The summed E-state index contributed by atoms with van der Waals surface area (Å²) in [5, 5.41) is 10.6. The van der Waals surface area contributed by atoms with Crippen LogP contribution >= 0.6 is 0 Å². The number of carbonyl (C=O) groups excluding carboxylic acids is 2. The van der Waals surface area contributed by atoms with Gasteiger partial charge in [-0.3, -0.25) is 9.59 Å². The van der Waals surface area contributed by atoms with E-state index in [1.54, 1.807) is 24.3 Å². The van der Waals surface area contributed by atoms with Crippen LogP contribution in [0.2, 0.25) is 0 Å². The van der Waals surface area contributed by atoms with Gasteiger partial charge in [0.25, 0.3) is 11.5 Å². The number of hydrogen-bond acceptors (Lipinski definition) is 5. The Morgan fingerprint density at radius 3 is 2.55 bits per heavy atom. The van der Waals surface area contributed by atoms with Crippen molar-refractivity contribution < 1.29 is 14.3 Å². The molecule has 0 bridgehead atoms. The normalized spacial score (nSPS) is 10.9. The molecular weight excluding hydrogens is 372 g/mol. The first-order valence-corrected chi connectivity index (χ1v) is 9.10. The summed E-state index contributed by atoms with van der Waals surface area (Å²) in [5.74, 6) is -1.18. The molecule has 1 amide bonds. The van der Waals surface area contributed by atoms with Crippen molar-refractivity contribution in [1.82, 2.24) is 20.5 Å². The summed E-state index contributed by atoms with van der Waals surface area (Å²) < 4.78 is 5.05. The van der Waals surface area contributed by atoms with E-state index in [0.717, 1.165) is 16.5 Å². The molecule has 4 rings (SSSR count). The molecule has 8 heteroatoms. The molecule has 0 unspecified atom stereocenters. The number of para-hydroxylation sites is 1. The quantitative estimate of drug-likeness (QED) is 0.435. The minimum atomic E-state index is -0.774. The molecule has 2 aromatic carbocycles. The number of fused-ring (bicyclic) bond motifs is 2. The van der Waals surface area contributed by atoms with Crippen LogP contribution in [0.4, 0.5) is 0 Å². The first-order chi connectivity index (χ1) is 14.1. The smallest absolute Gasteiger partial charge is 0.359 e. The number of rotatable bonds is 6. The summed E-state index contributed by atoms with van der Waals surface area (Å²) in [6.07, 6.45) is 2.57. The Kier molecular flexibility index (Phi) is 5.07. The van der Waals surface area contributed by atoms with Crippen LogP contribution in [0.15, 0.2) is 59.5 Å². The van der Waals surface area contributed by atoms with Gasteiger partial charge >= 0.3 is 5.97 Å². The fourth-order valence-corrected chi connectivity index (χ4v) is 3.20. The third-order valence-electron chi connectivity index (χ3n) is 4.62. The van der Waals surface area contributed by atoms with Gasteiger partial charge in [0.2, 0.25) is 0 Å². The van der Waals surface area contributed by atoms with E-state index >= 15 is 0 Å². The van der Waals surface area contributed by atoms with Gasteiger partial charge in [0.1, 0.15) is 0 Å². The molecule has 2 heterocycles. The zero-order chi connectivity index (χ0) is 20.2. The molecule has 0 saturated carbocycles. The lowest BCUT2D eigenvalue weighted by Gasteiger charge is -2.07. The standard InChI is InChI=1S/C21H18N4O4/c26-18(22-10-9-13-11-23-17-8-4-3-5-14(13)17)12-29-21(28)19-15-6-1-2-7-16(15)20(27)25-24-19/h1-8,11,23H,9-10,12H2,(H,22,26)(H,25,27). The molecule has 3 N–H and O–H groups in total. The molecular formula is C21H18N4O4. The number of H-pyrrole nitrogens is 2. The van der Waals surface area contributed by atoms with Crippen LogP contribution in [0.3, 0.4) is 0 Å². The highest BCUT2D eigenvalue weighted by Gasteiger charge is 2.16. The Balaban J connectivity index is 1.32. The van der Waals surface area contributed by atoms with Crippen molar-refractivity contribution in [2.75, 3.05) is 13.2 Å². The third-order valence-corrected chi connectivity index (χ3v) is 4.62. The van der Waals surface area contributed by atoms with Crippen molar-refractivity contribution in [1.29, 1.82) is 0 Å². The monoisotopic (exact) mass is 390 g/mol. The van der Waals surface area contributed by atoms with Crippen molar-refractivity contribution in [2.45, 2.75) is 6.42 Å². The van der Waals surface area contributed by atoms with Gasteiger partial charge in [-0.25, -0.2) is 9.89 Å². The number of hydrogen-bond donors (Lipinski definition) is 3. The van der Waals surface area contributed by atoms with Crippen LogP contribution in [0.25, 0.3) is 21.7 Å². The van der Waals surface area contributed by atoms with E-state index in [1.807, 2.05) is 30.5 Å². The van der Waals surface area contributed by atoms with Crippen LogP contribution < -0.4 is 10.9 Å². The van der Waals surface area contributed by atoms with Gasteiger partial charge in [-0.05, 0) is 24.1 Å². The lowest BCUT2D eigenvalue weighted by atomic mass is 10.1. The summed E-state index contributed by atoms with van der Waals surface area (Å²) in [7, 11) is 0. The second kappa shape index (κ2) is 7.97. The van der Waals surface area contributed by atoms with Gasteiger partial charge in [0, 0.05) is 29.0 Å². The number of amides is 1. The van der Waals surface area contributed by atoms with Crippen molar-refractivity contribution in [3.63, 3.8) is 0 Å². The first-order valence-electron chi connectivity index (χ1n) is 9.10. The SMILES string of the molecule is O=C(COC(=O)c1n[nH]c(=O)c2ccccc12)NCCc1c[nH]c2ccccc12. The van der Waals surface area contributed by atoms with Crippen molar-refractivity contribution in [2.24, 2.45) is 0 Å². The molecule has 0 aliphatic heterocycles. The molecule has 0 aliphatic carbocycles. The highest BCUT2D eigenvalue weighted by molar-refractivity contribution is 6.02. The van der Waals surface area contributed by atoms with E-state index in [9.17, 15) is 14.4 Å². The highest BCUT2D eigenvalue weighted by Crippen LogP contribution is 2.17. The third kappa shape index (κ3) is 3.86. The molecule has 4 aromatic rings. The molecule has 2 aromatic heterocycles. The molecule has 0 aliphatic rings. The molecule has 0 fully saturated rings. The second-order valence-electron chi connectivity index (χ2n) is 6.48. The van der Waals surface area contributed by atoms with Gasteiger partial charge in [0.15, 0.2) is 12.3 Å². The van der Waals surface area contributed by atoms with E-state index in [-0.39, 0.29) is 5.69 Å². The fourth-order valence-electron chi connectivity index (χ4n) is 3.20. The van der Waals surface area contributed by atoms with Gasteiger partial charge < -0.3 is 15.0 Å². The maximum atomic E-state index is 12.3. The molecule has 0 spiro atoms. The Morgan fingerprint density at radius 1 is 1.00 bits per heavy atom. The fraction of sp³-hybridized carbons (Fsp3) is 0.143. The number of ether oxygens (including phenoxy) is 1. The van der Waals surface area contributed by atoms with E-state index in [1.165, 1.54) is 0 Å². The van der Waals surface area contributed by atoms with Gasteiger partial charge in [-0.15, -0.1) is 0 Å². The highest BCUT2D eigenvalue weighted by atomic mass is 16.5. The molecule has 0 radical (unpaired) electrons. The van der Waals surface area contributed by atoms with Gasteiger partial charge in [-0.2, -0.15) is 5.10 Å². The predicted octanol–water partition coefficient (Wildman–Crippen LogP) is 1.92. The average Bonchev–Trinajstić information content (AvgIpc) is 3.16. The number of nitrogens with zero attached hydrogens (tertiary/aromatic N) is 1. The number of carbonyl (C=O) groups is 2. The summed E-state index contributed by atoms with van der Waals surface area (Å²) in [6.45, 7) is -0.0140. The predicted molar refractivity (Wildman–Crippen MR) is 108 cm³/mol. The Morgan fingerprint density at radius 2 is 1.72 bits per heavy atom. The van der Waals surface area contributed by atoms with Crippen LogP contribution in [-0.2, 0) is 16.0 Å². The number of aromatic nitrogens is 3. The molecule has 0 atom stereocenters. The maximum absolute atomic E-state index is 12.3. The Labute approximate surface area is 164 Å². The van der Waals surface area contributed by atoms with Crippen LogP contribution in [0, 0.1) is 0 Å². The lowest BCUT2D eigenvalue weighted by Crippen LogP contribution is -2.30. The Hall–Kier alpha value is -3.94. The summed E-state index contributed by atoms with van der Waals surface area (Å²) in [5.41, 5.74) is 1.71. The lowest BCUT2D eigenvalue weighted by molar-refractivity contribution is -0.124. The van der Waals surface area contributed by atoms with Crippen LogP contribution in [0.5, 0.6) is 0 Å². The molecule has 8 nitrogen and oxygen atoms in total. The summed E-state index contributed by atoms with van der Waals surface area (Å²) in [6, 6.07) is 14.5. The molecule has 29 heavy (non-hydrogen) atoms. The first kappa shape index (κ1) is 18.4. The van der Waals surface area contributed by atoms with E-state index in [2.05, 4.69) is 20.5 Å². The molecule has 146 valence electrons. The minimum Gasteiger partial charge on any atom is -0.451 e. The maximum Gasteiger partial charge on any atom is 0.359 e. The zero-order valence-corrected chi connectivity index (χ0v) is 15.4. The van der Waals surface area contributed by atoms with E-state index in [4.69, 9.17) is 4.74 Å². The van der Waals surface area contributed by atoms with Crippen LogP contribution in [-0.4, -0.2) is 40.2 Å². The number of esters is 1. The largest absolute Gasteiger partial charge is 0.451 e. The Bertz CT molecular complexity index is 1260. The van der Waals surface area contributed by atoms with Crippen molar-refractivity contribution in [3.8, 4) is 0 Å².